The van der Waals surface area contributed by atoms with Crippen molar-refractivity contribution in [2.75, 3.05) is 16.4 Å². The lowest BCUT2D eigenvalue weighted by Gasteiger charge is -2.08. The van der Waals surface area contributed by atoms with E-state index < -0.39 is 0 Å². The van der Waals surface area contributed by atoms with E-state index in [-0.39, 0.29) is 23.3 Å². The van der Waals surface area contributed by atoms with E-state index in [0.717, 1.165) is 5.56 Å². The summed E-state index contributed by atoms with van der Waals surface area (Å²) in [4.78, 5) is 24.0. The number of rotatable bonds is 7. The number of anilines is 2. The quantitative estimate of drug-likeness (QED) is 0.499. The van der Waals surface area contributed by atoms with Gasteiger partial charge in [-0.25, -0.2) is 0 Å². The van der Waals surface area contributed by atoms with Crippen LogP contribution in [0.4, 0.5) is 11.4 Å². The van der Waals surface area contributed by atoms with Gasteiger partial charge < -0.3 is 15.1 Å². The molecule has 5 nitrogen and oxygen atoms in total. The van der Waals surface area contributed by atoms with Gasteiger partial charge in [0, 0.05) is 27.2 Å². The van der Waals surface area contributed by atoms with Gasteiger partial charge in [-0.05, 0) is 54.1 Å². The highest BCUT2D eigenvalue weighted by atomic mass is 35.5. The summed E-state index contributed by atoms with van der Waals surface area (Å²) < 4.78 is 5.04. The number of carbonyl (C=O) groups excluding carboxylic acids is 2. The standard InChI is InChI=1S/C20H16Cl2N2O3S/c21-14-4-3-13(17(22)10-14)11-28-12-19(25)23-15-5-7-16(8-6-15)24-20(26)18-2-1-9-27-18/h1-10H,11-12H2,(H,23,25)(H,24,26). The van der Waals surface area contributed by atoms with Crippen molar-refractivity contribution in [1.29, 1.82) is 0 Å². The summed E-state index contributed by atoms with van der Waals surface area (Å²) in [6.45, 7) is 0. The Bertz CT molecular complexity index is 960. The highest BCUT2D eigenvalue weighted by Crippen LogP contribution is 2.25. The molecule has 3 rings (SSSR count). The molecule has 0 aliphatic carbocycles. The van der Waals surface area contributed by atoms with E-state index in [1.54, 1.807) is 48.5 Å². The lowest BCUT2D eigenvalue weighted by molar-refractivity contribution is -0.113. The summed E-state index contributed by atoms with van der Waals surface area (Å²) in [5.41, 5.74) is 2.18. The molecule has 3 aromatic rings. The lowest BCUT2D eigenvalue weighted by atomic mass is 10.2. The molecular weight excluding hydrogens is 419 g/mol. The largest absolute Gasteiger partial charge is 0.459 e. The third kappa shape index (κ3) is 5.79. The smallest absolute Gasteiger partial charge is 0.291 e. The predicted octanol–water partition coefficient (Wildman–Crippen LogP) is 5.71. The maximum Gasteiger partial charge on any atom is 0.291 e. The Hall–Kier alpha value is -2.41. The van der Waals surface area contributed by atoms with Gasteiger partial charge in [0.25, 0.3) is 5.91 Å². The molecule has 0 spiro atoms. The molecule has 0 atom stereocenters. The summed E-state index contributed by atoms with van der Waals surface area (Å²) in [7, 11) is 0. The van der Waals surface area contributed by atoms with E-state index in [9.17, 15) is 9.59 Å². The van der Waals surface area contributed by atoms with Crippen molar-refractivity contribution >= 4 is 58.2 Å². The minimum Gasteiger partial charge on any atom is -0.459 e. The van der Waals surface area contributed by atoms with Gasteiger partial charge in [-0.3, -0.25) is 9.59 Å². The van der Waals surface area contributed by atoms with Gasteiger partial charge >= 0.3 is 0 Å². The van der Waals surface area contributed by atoms with E-state index in [0.29, 0.717) is 27.2 Å². The Morgan fingerprint density at radius 2 is 1.68 bits per heavy atom. The molecule has 2 amide bonds. The van der Waals surface area contributed by atoms with Crippen molar-refractivity contribution < 1.29 is 14.0 Å². The minimum atomic E-state index is -0.334. The second kappa shape index (κ2) is 9.68. The van der Waals surface area contributed by atoms with Crippen LogP contribution in [-0.4, -0.2) is 17.6 Å². The topological polar surface area (TPSA) is 71.3 Å². The first-order chi connectivity index (χ1) is 13.5. The molecule has 8 heteroatoms. The Kier molecular flexibility index (Phi) is 7.03. The molecule has 2 N–H and O–H groups in total. The SMILES string of the molecule is O=C(CSCc1ccc(Cl)cc1Cl)Nc1ccc(NC(=O)c2ccco2)cc1. The number of halogens is 2. The summed E-state index contributed by atoms with van der Waals surface area (Å²) in [6.07, 6.45) is 1.44. The van der Waals surface area contributed by atoms with Gasteiger partial charge in [0.2, 0.25) is 5.91 Å². The monoisotopic (exact) mass is 434 g/mol. The maximum absolute atomic E-state index is 12.1. The molecular formula is C20H16Cl2N2O3S. The fourth-order valence-electron chi connectivity index (χ4n) is 2.33. The van der Waals surface area contributed by atoms with Crippen molar-refractivity contribution in [3.05, 3.63) is 82.2 Å². The van der Waals surface area contributed by atoms with Crippen LogP contribution in [0, 0.1) is 0 Å². The Labute approximate surface area is 176 Å². The second-order valence-electron chi connectivity index (χ2n) is 5.79. The second-order valence-corrected chi connectivity index (χ2v) is 7.61. The van der Waals surface area contributed by atoms with Crippen LogP contribution in [0.3, 0.4) is 0 Å². The van der Waals surface area contributed by atoms with Crippen LogP contribution in [0.15, 0.2) is 65.3 Å². The number of nitrogens with one attached hydrogen (secondary N) is 2. The first-order valence-electron chi connectivity index (χ1n) is 8.28. The van der Waals surface area contributed by atoms with Crippen LogP contribution in [0.25, 0.3) is 0 Å². The third-order valence-electron chi connectivity index (χ3n) is 3.68. The molecule has 0 fully saturated rings. The van der Waals surface area contributed by atoms with Crippen molar-refractivity contribution in [3.8, 4) is 0 Å². The summed E-state index contributed by atoms with van der Waals surface area (Å²) in [5.74, 6) is 0.675. The zero-order valence-corrected chi connectivity index (χ0v) is 16.9. The molecule has 0 aliphatic rings. The number of hydrogen-bond donors (Lipinski definition) is 2. The number of carbonyl (C=O) groups is 2. The molecule has 2 aromatic carbocycles. The Balaban J connectivity index is 1.45. The maximum atomic E-state index is 12.1. The zero-order chi connectivity index (χ0) is 19.9. The summed E-state index contributed by atoms with van der Waals surface area (Å²) in [5, 5.41) is 6.70. The van der Waals surface area contributed by atoms with Gasteiger partial charge in [-0.15, -0.1) is 11.8 Å². The molecule has 1 aromatic heterocycles. The molecule has 0 radical (unpaired) electrons. The number of amides is 2. The number of hydrogen-bond acceptors (Lipinski definition) is 4. The van der Waals surface area contributed by atoms with E-state index >= 15 is 0 Å². The minimum absolute atomic E-state index is 0.123. The Morgan fingerprint density at radius 3 is 2.32 bits per heavy atom. The lowest BCUT2D eigenvalue weighted by Crippen LogP contribution is -2.14. The molecule has 0 aliphatic heterocycles. The molecule has 0 bridgehead atoms. The molecule has 0 unspecified atom stereocenters. The molecule has 28 heavy (non-hydrogen) atoms. The van der Waals surface area contributed by atoms with Crippen LogP contribution in [-0.2, 0) is 10.5 Å². The molecule has 1 heterocycles. The van der Waals surface area contributed by atoms with Crippen molar-refractivity contribution in [1.82, 2.24) is 0 Å². The zero-order valence-electron chi connectivity index (χ0n) is 14.6. The van der Waals surface area contributed by atoms with Gasteiger partial charge in [-0.1, -0.05) is 29.3 Å². The van der Waals surface area contributed by atoms with Gasteiger partial charge in [0.15, 0.2) is 5.76 Å². The van der Waals surface area contributed by atoms with Crippen molar-refractivity contribution in [2.45, 2.75) is 5.75 Å². The highest BCUT2D eigenvalue weighted by molar-refractivity contribution is 7.99. The van der Waals surface area contributed by atoms with Crippen molar-refractivity contribution in [2.24, 2.45) is 0 Å². The normalized spacial score (nSPS) is 10.5. The van der Waals surface area contributed by atoms with Gasteiger partial charge in [0.1, 0.15) is 0 Å². The summed E-state index contributed by atoms with van der Waals surface area (Å²) >= 11 is 13.5. The molecule has 0 saturated carbocycles. The first-order valence-corrected chi connectivity index (χ1v) is 10.2. The van der Waals surface area contributed by atoms with E-state index in [4.69, 9.17) is 27.6 Å². The van der Waals surface area contributed by atoms with Crippen LogP contribution >= 0.6 is 35.0 Å². The van der Waals surface area contributed by atoms with Crippen LogP contribution in [0.5, 0.6) is 0 Å². The number of benzene rings is 2. The fourth-order valence-corrected chi connectivity index (χ4v) is 3.71. The van der Waals surface area contributed by atoms with E-state index in [1.165, 1.54) is 18.0 Å². The summed E-state index contributed by atoms with van der Waals surface area (Å²) in [6, 6.07) is 15.4. The number of thioether (sulfide) groups is 1. The van der Waals surface area contributed by atoms with E-state index in [1.807, 2.05) is 6.07 Å². The van der Waals surface area contributed by atoms with Crippen LogP contribution in [0.1, 0.15) is 16.1 Å². The molecule has 0 saturated heterocycles. The third-order valence-corrected chi connectivity index (χ3v) is 5.25. The van der Waals surface area contributed by atoms with Crippen LogP contribution in [0.2, 0.25) is 10.0 Å². The highest BCUT2D eigenvalue weighted by Gasteiger charge is 2.09. The van der Waals surface area contributed by atoms with Crippen molar-refractivity contribution in [3.63, 3.8) is 0 Å². The molecule has 144 valence electrons. The number of furan rings is 1. The Morgan fingerprint density at radius 1 is 0.964 bits per heavy atom. The first kappa shape index (κ1) is 20.3. The average molecular weight is 435 g/mol. The fraction of sp³-hybridized carbons (Fsp3) is 0.100. The predicted molar refractivity (Wildman–Crippen MR) is 114 cm³/mol. The average Bonchev–Trinajstić information content (AvgIpc) is 3.20. The van der Waals surface area contributed by atoms with Gasteiger partial charge in [0.05, 0.1) is 12.0 Å². The van der Waals surface area contributed by atoms with Gasteiger partial charge in [-0.2, -0.15) is 0 Å². The van der Waals surface area contributed by atoms with Crippen LogP contribution < -0.4 is 10.6 Å². The van der Waals surface area contributed by atoms with E-state index in [2.05, 4.69) is 10.6 Å².